The zero-order chi connectivity index (χ0) is 15.3. The van der Waals surface area contributed by atoms with Gasteiger partial charge in [0.25, 0.3) is 0 Å². The van der Waals surface area contributed by atoms with Gasteiger partial charge in [-0.2, -0.15) is 4.31 Å². The fourth-order valence-electron chi connectivity index (χ4n) is 2.52. The average Bonchev–Trinajstić information content (AvgIpc) is 2.37. The van der Waals surface area contributed by atoms with Gasteiger partial charge in [-0.05, 0) is 37.1 Å². The number of hydrogen-bond acceptors (Lipinski definition) is 3. The number of hydrogen-bond donors (Lipinski definition) is 1. The Bertz CT molecular complexity index is 573. The number of sulfonamides is 1. The van der Waals surface area contributed by atoms with Gasteiger partial charge < -0.3 is 5.32 Å². The summed E-state index contributed by atoms with van der Waals surface area (Å²) in [7, 11) is -3.43. The van der Waals surface area contributed by atoms with Crippen molar-refractivity contribution in [1.82, 2.24) is 4.31 Å². The highest BCUT2D eigenvalue weighted by Crippen LogP contribution is 2.21. The van der Waals surface area contributed by atoms with Gasteiger partial charge in [0.1, 0.15) is 0 Å². The van der Waals surface area contributed by atoms with Crippen LogP contribution in [0.2, 0.25) is 0 Å². The summed E-state index contributed by atoms with van der Waals surface area (Å²) in [5.41, 5.74) is 0.606. The molecule has 1 aliphatic rings. The van der Waals surface area contributed by atoms with Crippen LogP contribution in [0.5, 0.6) is 0 Å². The molecule has 0 unspecified atom stereocenters. The number of nitrogens with one attached hydrogen (secondary N) is 1. The minimum Gasteiger partial charge on any atom is -0.326 e. The summed E-state index contributed by atoms with van der Waals surface area (Å²) >= 11 is 0. The summed E-state index contributed by atoms with van der Waals surface area (Å²) in [4.78, 5) is 11.3. The summed E-state index contributed by atoms with van der Waals surface area (Å²) < 4.78 is 26.8. The van der Waals surface area contributed by atoms with E-state index in [0.717, 1.165) is 25.7 Å². The molecule has 1 fully saturated rings. The van der Waals surface area contributed by atoms with Crippen molar-refractivity contribution in [3.8, 4) is 0 Å². The monoisotopic (exact) mass is 310 g/mol. The van der Waals surface area contributed by atoms with Gasteiger partial charge in [0.2, 0.25) is 15.9 Å². The predicted octanol–water partition coefficient (Wildman–Crippen LogP) is 2.60. The summed E-state index contributed by atoms with van der Waals surface area (Å²) in [6.07, 6.45) is 5.21. The maximum absolute atomic E-state index is 12.6. The molecule has 0 spiro atoms. The van der Waals surface area contributed by atoms with E-state index < -0.39 is 10.0 Å². The highest BCUT2D eigenvalue weighted by atomic mass is 32.2. The lowest BCUT2D eigenvalue weighted by atomic mass is 10.1. The SMILES string of the molecule is CC(=O)Nc1ccc(S(=O)(=O)N2CCCCCCC2)cc1. The van der Waals surface area contributed by atoms with Crippen LogP contribution in [0, 0.1) is 0 Å². The molecule has 1 aliphatic heterocycles. The molecule has 0 aliphatic carbocycles. The molecule has 1 amide bonds. The van der Waals surface area contributed by atoms with Crippen LogP contribution in [-0.4, -0.2) is 31.7 Å². The Balaban J connectivity index is 2.15. The van der Waals surface area contributed by atoms with Crippen LogP contribution < -0.4 is 5.32 Å². The van der Waals surface area contributed by atoms with Gasteiger partial charge in [0, 0.05) is 25.7 Å². The molecule has 1 N–H and O–H groups in total. The van der Waals surface area contributed by atoms with Crippen LogP contribution in [-0.2, 0) is 14.8 Å². The zero-order valence-electron chi connectivity index (χ0n) is 12.3. The van der Waals surface area contributed by atoms with Crippen LogP contribution in [0.1, 0.15) is 39.0 Å². The Morgan fingerprint density at radius 1 is 1.00 bits per heavy atom. The number of nitrogens with zero attached hydrogens (tertiary/aromatic N) is 1. The fourth-order valence-corrected chi connectivity index (χ4v) is 4.04. The summed E-state index contributed by atoms with van der Waals surface area (Å²) in [5, 5.41) is 2.63. The average molecular weight is 310 g/mol. The largest absolute Gasteiger partial charge is 0.326 e. The van der Waals surface area contributed by atoms with E-state index >= 15 is 0 Å². The van der Waals surface area contributed by atoms with E-state index in [1.165, 1.54) is 13.3 Å². The van der Waals surface area contributed by atoms with Crippen molar-refractivity contribution in [2.24, 2.45) is 0 Å². The molecule has 5 nitrogen and oxygen atoms in total. The molecule has 2 rings (SSSR count). The van der Waals surface area contributed by atoms with Crippen molar-refractivity contribution in [2.45, 2.75) is 43.9 Å². The second-order valence-electron chi connectivity index (χ2n) is 5.38. The first-order valence-electron chi connectivity index (χ1n) is 7.38. The van der Waals surface area contributed by atoms with E-state index in [1.54, 1.807) is 28.6 Å². The first-order valence-corrected chi connectivity index (χ1v) is 8.82. The van der Waals surface area contributed by atoms with E-state index in [4.69, 9.17) is 0 Å². The molecular formula is C15H22N2O3S. The maximum atomic E-state index is 12.6. The summed E-state index contributed by atoms with van der Waals surface area (Å²) in [6, 6.07) is 6.36. The van der Waals surface area contributed by atoms with Crippen LogP contribution in [0.3, 0.4) is 0 Å². The topological polar surface area (TPSA) is 66.5 Å². The first kappa shape index (κ1) is 16.0. The van der Waals surface area contributed by atoms with Crippen LogP contribution in [0.25, 0.3) is 0 Å². The van der Waals surface area contributed by atoms with Crippen LogP contribution in [0.15, 0.2) is 29.2 Å². The van der Waals surface area contributed by atoms with Crippen molar-refractivity contribution in [3.05, 3.63) is 24.3 Å². The lowest BCUT2D eigenvalue weighted by Gasteiger charge is -2.24. The van der Waals surface area contributed by atoms with Gasteiger partial charge >= 0.3 is 0 Å². The van der Waals surface area contributed by atoms with Crippen molar-refractivity contribution in [1.29, 1.82) is 0 Å². The lowest BCUT2D eigenvalue weighted by Crippen LogP contribution is -2.33. The molecule has 1 heterocycles. The molecule has 0 bridgehead atoms. The van der Waals surface area contributed by atoms with Crippen molar-refractivity contribution in [2.75, 3.05) is 18.4 Å². The molecule has 1 aromatic carbocycles. The minimum atomic E-state index is -3.43. The molecule has 0 radical (unpaired) electrons. The van der Waals surface area contributed by atoms with E-state index in [-0.39, 0.29) is 10.8 Å². The third-order valence-corrected chi connectivity index (χ3v) is 5.54. The van der Waals surface area contributed by atoms with E-state index in [1.807, 2.05) is 0 Å². The van der Waals surface area contributed by atoms with Crippen molar-refractivity contribution >= 4 is 21.6 Å². The second-order valence-corrected chi connectivity index (χ2v) is 7.32. The molecule has 6 heteroatoms. The Morgan fingerprint density at radius 3 is 2.05 bits per heavy atom. The van der Waals surface area contributed by atoms with Gasteiger partial charge in [-0.1, -0.05) is 19.3 Å². The number of amides is 1. The van der Waals surface area contributed by atoms with Crippen molar-refractivity contribution < 1.29 is 13.2 Å². The quantitative estimate of drug-likeness (QED) is 0.933. The Hall–Kier alpha value is -1.40. The van der Waals surface area contributed by atoms with Crippen LogP contribution >= 0.6 is 0 Å². The molecule has 0 atom stereocenters. The third-order valence-electron chi connectivity index (χ3n) is 3.63. The van der Waals surface area contributed by atoms with Crippen LogP contribution in [0.4, 0.5) is 5.69 Å². The summed E-state index contributed by atoms with van der Waals surface area (Å²) in [6.45, 7) is 2.61. The lowest BCUT2D eigenvalue weighted by molar-refractivity contribution is -0.114. The van der Waals surface area contributed by atoms with E-state index in [0.29, 0.717) is 18.8 Å². The molecule has 1 aromatic rings. The molecule has 116 valence electrons. The number of carbonyl (C=O) groups excluding carboxylic acids is 1. The Kier molecular flexibility index (Phi) is 5.36. The Labute approximate surface area is 126 Å². The predicted molar refractivity (Wildman–Crippen MR) is 82.6 cm³/mol. The second kappa shape index (κ2) is 7.04. The number of benzene rings is 1. The van der Waals surface area contributed by atoms with Gasteiger partial charge in [-0.15, -0.1) is 0 Å². The fraction of sp³-hybridized carbons (Fsp3) is 0.533. The van der Waals surface area contributed by atoms with Gasteiger partial charge in [0.05, 0.1) is 4.90 Å². The minimum absolute atomic E-state index is 0.172. The highest BCUT2D eigenvalue weighted by molar-refractivity contribution is 7.89. The van der Waals surface area contributed by atoms with E-state index in [2.05, 4.69) is 5.32 Å². The first-order chi connectivity index (χ1) is 10.00. The molecule has 0 aromatic heterocycles. The number of rotatable bonds is 3. The molecule has 21 heavy (non-hydrogen) atoms. The zero-order valence-corrected chi connectivity index (χ0v) is 13.2. The third kappa shape index (κ3) is 4.28. The number of carbonyl (C=O) groups is 1. The molecule has 1 saturated heterocycles. The number of anilines is 1. The smallest absolute Gasteiger partial charge is 0.243 e. The van der Waals surface area contributed by atoms with Gasteiger partial charge in [-0.3, -0.25) is 4.79 Å². The Morgan fingerprint density at radius 2 is 1.52 bits per heavy atom. The maximum Gasteiger partial charge on any atom is 0.243 e. The molecular weight excluding hydrogens is 288 g/mol. The van der Waals surface area contributed by atoms with E-state index in [9.17, 15) is 13.2 Å². The molecule has 0 saturated carbocycles. The van der Waals surface area contributed by atoms with Crippen molar-refractivity contribution in [3.63, 3.8) is 0 Å². The summed E-state index contributed by atoms with van der Waals surface area (Å²) in [5.74, 6) is -0.172. The van der Waals surface area contributed by atoms with Gasteiger partial charge in [-0.25, -0.2) is 8.42 Å². The standard InChI is InChI=1S/C15H22N2O3S/c1-13(18)16-14-7-9-15(10-8-14)21(19,20)17-11-5-3-2-4-6-12-17/h7-10H,2-6,11-12H2,1H3,(H,16,18). The highest BCUT2D eigenvalue weighted by Gasteiger charge is 2.24. The normalized spacial score (nSPS) is 17.8. The van der Waals surface area contributed by atoms with Gasteiger partial charge in [0.15, 0.2) is 0 Å².